The van der Waals surface area contributed by atoms with Crippen LogP contribution in [0.3, 0.4) is 0 Å². The third kappa shape index (κ3) is 3.88. The highest BCUT2D eigenvalue weighted by Gasteiger charge is 2.21. The Morgan fingerprint density at radius 1 is 1.38 bits per heavy atom. The van der Waals surface area contributed by atoms with Gasteiger partial charge in [0.05, 0.1) is 29.0 Å². The summed E-state index contributed by atoms with van der Waals surface area (Å²) in [5.41, 5.74) is 6.00. The summed E-state index contributed by atoms with van der Waals surface area (Å²) < 4.78 is 2.91. The first-order chi connectivity index (χ1) is 10.0. The van der Waals surface area contributed by atoms with Crippen molar-refractivity contribution in [3.05, 3.63) is 46.0 Å². The van der Waals surface area contributed by atoms with E-state index in [1.807, 2.05) is 38.1 Å². The second kappa shape index (κ2) is 7.13. The van der Waals surface area contributed by atoms with Crippen LogP contribution in [0, 0.1) is 6.92 Å². The van der Waals surface area contributed by atoms with Crippen LogP contribution in [0.1, 0.15) is 22.9 Å². The fourth-order valence-electron chi connectivity index (χ4n) is 2.20. The summed E-state index contributed by atoms with van der Waals surface area (Å²) in [6, 6.07) is 1.92. The Kier molecular flexibility index (Phi) is 5.46. The molecule has 0 radical (unpaired) electrons. The zero-order valence-corrected chi connectivity index (χ0v) is 14.1. The molecule has 114 valence electrons. The van der Waals surface area contributed by atoms with E-state index in [1.165, 1.54) is 0 Å². The number of pyridine rings is 1. The molecule has 0 saturated heterocycles. The lowest BCUT2D eigenvalue weighted by atomic mass is 10.1. The van der Waals surface area contributed by atoms with Gasteiger partial charge in [0.2, 0.25) is 0 Å². The highest BCUT2D eigenvalue weighted by atomic mass is 79.9. The van der Waals surface area contributed by atoms with Crippen molar-refractivity contribution in [1.29, 1.82) is 0 Å². The molecule has 0 saturated carbocycles. The summed E-state index contributed by atoms with van der Waals surface area (Å²) in [6.07, 6.45) is 5.46. The molecule has 0 aliphatic carbocycles. The second-order valence-corrected chi connectivity index (χ2v) is 6.15. The lowest BCUT2D eigenvalue weighted by Crippen LogP contribution is -2.32. The number of aryl methyl sites for hydroxylation is 1. The van der Waals surface area contributed by atoms with Crippen LogP contribution in [0.5, 0.6) is 0 Å². The largest absolute Gasteiger partial charge is 0.308 e. The first-order valence-corrected chi connectivity index (χ1v) is 7.56. The quantitative estimate of drug-likeness (QED) is 0.608. The van der Waals surface area contributed by atoms with Crippen molar-refractivity contribution in [3.63, 3.8) is 0 Å². The summed E-state index contributed by atoms with van der Waals surface area (Å²) in [5, 5.41) is 4.43. The monoisotopic (exact) mass is 352 g/mol. The van der Waals surface area contributed by atoms with Gasteiger partial charge in [0.1, 0.15) is 0 Å². The predicted octanol–water partition coefficient (Wildman–Crippen LogP) is 1.46. The van der Waals surface area contributed by atoms with E-state index in [4.69, 9.17) is 5.84 Å². The molecule has 2 aromatic rings. The minimum atomic E-state index is -0.156. The molecule has 7 heteroatoms. The van der Waals surface area contributed by atoms with Crippen molar-refractivity contribution in [3.8, 4) is 0 Å². The van der Waals surface area contributed by atoms with E-state index in [-0.39, 0.29) is 6.04 Å². The van der Waals surface area contributed by atoms with E-state index in [0.29, 0.717) is 0 Å². The molecular formula is C14H21BrN6. The number of nitrogens with zero attached hydrogens (tertiary/aromatic N) is 4. The van der Waals surface area contributed by atoms with Crippen molar-refractivity contribution in [1.82, 2.24) is 25.1 Å². The lowest BCUT2D eigenvalue weighted by molar-refractivity contribution is 0.365. The van der Waals surface area contributed by atoms with Gasteiger partial charge in [-0.1, -0.05) is 6.07 Å². The highest BCUT2D eigenvalue weighted by molar-refractivity contribution is 9.10. The summed E-state index contributed by atoms with van der Waals surface area (Å²) in [7, 11) is 4.09. The van der Waals surface area contributed by atoms with E-state index in [0.717, 1.165) is 34.4 Å². The molecule has 1 atom stereocenters. The van der Waals surface area contributed by atoms with Crippen molar-refractivity contribution in [2.45, 2.75) is 19.5 Å². The molecule has 3 N–H and O–H groups in total. The maximum atomic E-state index is 5.79. The average Bonchev–Trinajstić information content (AvgIpc) is 2.79. The number of halogens is 1. The normalized spacial score (nSPS) is 12.9. The Hall–Kier alpha value is -1.28. The van der Waals surface area contributed by atoms with Gasteiger partial charge in [0.15, 0.2) is 0 Å². The standard InChI is InChI=1S/C14H21BrN6/c1-10-6-11(8-17-7-10)13(19-16)14-12(15)9-18-21(14)5-4-20(2)3/h6-9,13,19H,4-5,16H2,1-3H3. The number of hydrogen-bond acceptors (Lipinski definition) is 5. The molecule has 2 rings (SSSR count). The van der Waals surface area contributed by atoms with Crippen molar-refractivity contribution in [2.24, 2.45) is 5.84 Å². The molecule has 0 bridgehead atoms. The van der Waals surface area contributed by atoms with E-state index in [1.54, 1.807) is 6.20 Å². The van der Waals surface area contributed by atoms with E-state index in [2.05, 4.69) is 42.4 Å². The Bertz CT molecular complexity index is 595. The third-order valence-corrected chi connectivity index (χ3v) is 3.87. The van der Waals surface area contributed by atoms with Gasteiger partial charge < -0.3 is 4.90 Å². The number of nitrogens with one attached hydrogen (secondary N) is 1. The minimum absolute atomic E-state index is 0.156. The highest BCUT2D eigenvalue weighted by Crippen LogP contribution is 2.28. The van der Waals surface area contributed by atoms with Crippen LogP contribution in [-0.2, 0) is 6.54 Å². The number of hydrogen-bond donors (Lipinski definition) is 2. The molecule has 2 heterocycles. The third-order valence-electron chi connectivity index (χ3n) is 3.26. The van der Waals surface area contributed by atoms with Gasteiger partial charge in [-0.25, -0.2) is 5.43 Å². The zero-order valence-electron chi connectivity index (χ0n) is 12.5. The van der Waals surface area contributed by atoms with Gasteiger partial charge in [-0.05, 0) is 48.1 Å². The molecule has 0 aliphatic heterocycles. The second-order valence-electron chi connectivity index (χ2n) is 5.30. The first kappa shape index (κ1) is 16.1. The molecule has 2 aromatic heterocycles. The van der Waals surface area contributed by atoms with Gasteiger partial charge in [-0.2, -0.15) is 5.10 Å². The van der Waals surface area contributed by atoms with Gasteiger partial charge in [0.25, 0.3) is 0 Å². The van der Waals surface area contributed by atoms with Crippen molar-refractivity contribution >= 4 is 15.9 Å². The molecule has 0 aromatic carbocycles. The topological polar surface area (TPSA) is 72.0 Å². The van der Waals surface area contributed by atoms with Crippen LogP contribution in [0.4, 0.5) is 0 Å². The van der Waals surface area contributed by atoms with E-state index < -0.39 is 0 Å². The Morgan fingerprint density at radius 3 is 2.76 bits per heavy atom. The molecule has 0 fully saturated rings. The molecule has 1 unspecified atom stereocenters. The fourth-order valence-corrected chi connectivity index (χ4v) is 2.73. The van der Waals surface area contributed by atoms with Crippen LogP contribution in [0.25, 0.3) is 0 Å². The van der Waals surface area contributed by atoms with Gasteiger partial charge in [-0.15, -0.1) is 0 Å². The van der Waals surface area contributed by atoms with E-state index in [9.17, 15) is 0 Å². The van der Waals surface area contributed by atoms with Gasteiger partial charge in [-0.3, -0.25) is 15.5 Å². The zero-order chi connectivity index (χ0) is 15.4. The Morgan fingerprint density at radius 2 is 2.14 bits per heavy atom. The van der Waals surface area contributed by atoms with Crippen LogP contribution < -0.4 is 11.3 Å². The molecule has 0 aliphatic rings. The van der Waals surface area contributed by atoms with E-state index >= 15 is 0 Å². The molecule has 0 spiro atoms. The first-order valence-electron chi connectivity index (χ1n) is 6.76. The predicted molar refractivity (Wildman–Crippen MR) is 86.6 cm³/mol. The average molecular weight is 353 g/mol. The fraction of sp³-hybridized carbons (Fsp3) is 0.429. The Labute approximate surface area is 133 Å². The molecule has 0 amide bonds. The number of rotatable bonds is 6. The smallest absolute Gasteiger partial charge is 0.0904 e. The molecule has 21 heavy (non-hydrogen) atoms. The van der Waals surface area contributed by atoms with Crippen LogP contribution >= 0.6 is 15.9 Å². The lowest BCUT2D eigenvalue weighted by Gasteiger charge is -2.20. The maximum Gasteiger partial charge on any atom is 0.0904 e. The van der Waals surface area contributed by atoms with Gasteiger partial charge in [0, 0.05) is 18.9 Å². The van der Waals surface area contributed by atoms with Crippen molar-refractivity contribution < 1.29 is 0 Å². The number of likely N-dealkylation sites (N-methyl/N-ethyl adjacent to an activating group) is 1. The minimum Gasteiger partial charge on any atom is -0.308 e. The van der Waals surface area contributed by atoms with Crippen LogP contribution in [0.15, 0.2) is 29.1 Å². The molecule has 6 nitrogen and oxygen atoms in total. The maximum absolute atomic E-state index is 5.79. The summed E-state index contributed by atoms with van der Waals surface area (Å²) in [4.78, 5) is 6.37. The Balaban J connectivity index is 2.35. The molecular weight excluding hydrogens is 332 g/mol. The summed E-state index contributed by atoms with van der Waals surface area (Å²) in [5.74, 6) is 5.79. The van der Waals surface area contributed by atoms with Crippen molar-refractivity contribution in [2.75, 3.05) is 20.6 Å². The van der Waals surface area contributed by atoms with Gasteiger partial charge >= 0.3 is 0 Å². The summed E-state index contributed by atoms with van der Waals surface area (Å²) >= 11 is 3.57. The number of aromatic nitrogens is 3. The summed E-state index contributed by atoms with van der Waals surface area (Å²) in [6.45, 7) is 3.72. The number of nitrogens with two attached hydrogens (primary N) is 1. The number of hydrazine groups is 1. The van der Waals surface area contributed by atoms with Crippen LogP contribution in [-0.4, -0.2) is 40.3 Å². The van der Waals surface area contributed by atoms with Crippen LogP contribution in [0.2, 0.25) is 0 Å². The SMILES string of the molecule is Cc1cncc(C(NN)c2c(Br)cnn2CCN(C)C)c1.